The van der Waals surface area contributed by atoms with Crippen LogP contribution in [-0.2, 0) is 11.3 Å². The predicted molar refractivity (Wildman–Crippen MR) is 91.0 cm³/mol. The predicted octanol–water partition coefficient (Wildman–Crippen LogP) is 2.37. The summed E-state index contributed by atoms with van der Waals surface area (Å²) in [4.78, 5) is 15.6. The van der Waals surface area contributed by atoms with Crippen LogP contribution in [0.3, 0.4) is 0 Å². The molecule has 2 rings (SSSR count). The van der Waals surface area contributed by atoms with Gasteiger partial charge in [-0.3, -0.25) is 9.69 Å². The van der Waals surface area contributed by atoms with E-state index >= 15 is 0 Å². The Morgan fingerprint density at radius 2 is 2.22 bits per heavy atom. The molecule has 0 radical (unpaired) electrons. The topological polar surface area (TPSA) is 35.6 Å². The van der Waals surface area contributed by atoms with Crippen molar-refractivity contribution < 1.29 is 9.18 Å². The van der Waals surface area contributed by atoms with Crippen LogP contribution in [0.5, 0.6) is 0 Å². The number of likely N-dealkylation sites (N-methyl/N-ethyl adjacent to an activating group) is 1. The van der Waals surface area contributed by atoms with E-state index in [9.17, 15) is 9.18 Å². The van der Waals surface area contributed by atoms with Crippen LogP contribution >= 0.6 is 11.6 Å². The van der Waals surface area contributed by atoms with Crippen molar-refractivity contribution in [3.8, 4) is 0 Å². The van der Waals surface area contributed by atoms with Gasteiger partial charge in [0.25, 0.3) is 0 Å². The van der Waals surface area contributed by atoms with Gasteiger partial charge in [0.1, 0.15) is 5.82 Å². The number of nitrogens with zero attached hydrogens (tertiary/aromatic N) is 2. The Morgan fingerprint density at radius 1 is 1.48 bits per heavy atom. The first-order valence-electron chi connectivity index (χ1n) is 7.94. The maximum absolute atomic E-state index is 14.0. The summed E-state index contributed by atoms with van der Waals surface area (Å²) in [7, 11) is 4.11. The summed E-state index contributed by atoms with van der Waals surface area (Å²) in [6.07, 6.45) is 0.984. The van der Waals surface area contributed by atoms with Gasteiger partial charge >= 0.3 is 0 Å². The third-order valence-corrected chi connectivity index (χ3v) is 4.73. The van der Waals surface area contributed by atoms with Crippen molar-refractivity contribution in [2.75, 3.05) is 33.7 Å². The fourth-order valence-electron chi connectivity index (χ4n) is 3.18. The number of hydrogen-bond donors (Lipinski definition) is 1. The molecule has 1 amide bonds. The summed E-state index contributed by atoms with van der Waals surface area (Å²) >= 11 is 5.81. The molecule has 2 atom stereocenters. The first-order chi connectivity index (χ1) is 10.9. The average molecular weight is 342 g/mol. The zero-order valence-electron chi connectivity index (χ0n) is 14.0. The summed E-state index contributed by atoms with van der Waals surface area (Å²) in [5.74, 6) is 0.174. The number of likely N-dealkylation sites (tertiary alicyclic amines) is 1. The van der Waals surface area contributed by atoms with Crippen LogP contribution in [-0.4, -0.2) is 55.5 Å². The van der Waals surface area contributed by atoms with E-state index in [1.165, 1.54) is 6.07 Å². The van der Waals surface area contributed by atoms with Crippen LogP contribution < -0.4 is 5.32 Å². The molecular weight excluding hydrogens is 317 g/mol. The van der Waals surface area contributed by atoms with Crippen LogP contribution in [0.2, 0.25) is 5.02 Å². The summed E-state index contributed by atoms with van der Waals surface area (Å²) in [5.41, 5.74) is 0.673. The molecule has 0 spiro atoms. The summed E-state index contributed by atoms with van der Waals surface area (Å²) in [5, 5.41) is 3.34. The molecule has 6 heteroatoms. The van der Waals surface area contributed by atoms with E-state index in [1.54, 1.807) is 19.1 Å². The van der Waals surface area contributed by atoms with Gasteiger partial charge in [-0.25, -0.2) is 4.39 Å². The quantitative estimate of drug-likeness (QED) is 0.893. The van der Waals surface area contributed by atoms with E-state index in [-0.39, 0.29) is 11.7 Å². The lowest BCUT2D eigenvalue weighted by atomic mass is 9.90. The number of carbonyl (C=O) groups is 1. The maximum atomic E-state index is 14.0. The van der Waals surface area contributed by atoms with Gasteiger partial charge in [-0.2, -0.15) is 0 Å². The first kappa shape index (κ1) is 18.2. The second kappa shape index (κ2) is 8.08. The molecule has 1 fully saturated rings. The molecule has 0 aliphatic carbocycles. The average Bonchev–Trinajstić information content (AvgIpc) is 2.48. The SMILES string of the molecule is CC(=O)NC[C@H]1CCN(Cc2ccc(Cl)cc2F)C[C@H]1N(C)C. The van der Waals surface area contributed by atoms with Gasteiger partial charge in [0.2, 0.25) is 5.91 Å². The van der Waals surface area contributed by atoms with Crippen molar-refractivity contribution in [1.82, 2.24) is 15.1 Å². The first-order valence-corrected chi connectivity index (χ1v) is 8.31. The molecule has 0 saturated carbocycles. The smallest absolute Gasteiger partial charge is 0.216 e. The van der Waals surface area contributed by atoms with Crippen molar-refractivity contribution in [2.24, 2.45) is 5.92 Å². The van der Waals surface area contributed by atoms with Crippen molar-refractivity contribution in [2.45, 2.75) is 25.9 Å². The second-order valence-corrected chi connectivity index (χ2v) is 6.92. The highest BCUT2D eigenvalue weighted by molar-refractivity contribution is 6.30. The minimum absolute atomic E-state index is 0.00757. The van der Waals surface area contributed by atoms with Gasteiger partial charge in [0.15, 0.2) is 0 Å². The zero-order chi connectivity index (χ0) is 17.0. The molecule has 1 N–H and O–H groups in total. The number of rotatable bonds is 5. The normalized spacial score (nSPS) is 22.3. The lowest BCUT2D eigenvalue weighted by molar-refractivity contribution is -0.119. The molecule has 4 nitrogen and oxygen atoms in total. The van der Waals surface area contributed by atoms with Crippen LogP contribution in [0.25, 0.3) is 0 Å². The Kier molecular flexibility index (Phi) is 6.39. The van der Waals surface area contributed by atoms with Crippen molar-refractivity contribution >= 4 is 17.5 Å². The number of piperidine rings is 1. The Balaban J connectivity index is 1.99. The highest BCUT2D eigenvalue weighted by Gasteiger charge is 2.30. The van der Waals surface area contributed by atoms with E-state index in [4.69, 9.17) is 11.6 Å². The molecule has 0 aromatic heterocycles. The molecule has 0 unspecified atom stereocenters. The lowest BCUT2D eigenvalue weighted by Crippen LogP contribution is -2.52. The summed E-state index contributed by atoms with van der Waals surface area (Å²) in [6.45, 7) is 4.58. The van der Waals surface area contributed by atoms with Crippen molar-refractivity contribution in [3.05, 3.63) is 34.6 Å². The van der Waals surface area contributed by atoms with E-state index < -0.39 is 0 Å². The number of nitrogens with one attached hydrogen (secondary N) is 1. The molecule has 1 saturated heterocycles. The number of benzene rings is 1. The Labute approximate surface area is 142 Å². The number of halogens is 2. The molecule has 0 bridgehead atoms. The monoisotopic (exact) mass is 341 g/mol. The minimum Gasteiger partial charge on any atom is -0.356 e. The molecule has 1 aromatic carbocycles. The van der Waals surface area contributed by atoms with Crippen molar-refractivity contribution in [3.63, 3.8) is 0 Å². The Morgan fingerprint density at radius 3 is 2.83 bits per heavy atom. The highest BCUT2D eigenvalue weighted by Crippen LogP contribution is 2.23. The van der Waals surface area contributed by atoms with Gasteiger partial charge in [-0.05, 0) is 45.1 Å². The van der Waals surface area contributed by atoms with Crippen LogP contribution in [0.15, 0.2) is 18.2 Å². The van der Waals surface area contributed by atoms with Crippen LogP contribution in [0.4, 0.5) is 4.39 Å². The van der Waals surface area contributed by atoms with Gasteiger partial charge in [-0.1, -0.05) is 17.7 Å². The van der Waals surface area contributed by atoms with E-state index in [1.807, 2.05) is 0 Å². The van der Waals surface area contributed by atoms with E-state index in [0.717, 1.165) is 19.5 Å². The molecule has 1 heterocycles. The number of hydrogen-bond acceptors (Lipinski definition) is 3. The van der Waals surface area contributed by atoms with Crippen LogP contribution in [0, 0.1) is 11.7 Å². The third kappa shape index (κ3) is 5.16. The number of amides is 1. The summed E-state index contributed by atoms with van der Waals surface area (Å²) < 4.78 is 14.0. The second-order valence-electron chi connectivity index (χ2n) is 6.49. The standard InChI is InChI=1S/C17H25ClFN3O/c1-12(23)20-9-13-6-7-22(11-17(13)21(2)3)10-14-4-5-15(18)8-16(14)19/h4-5,8,13,17H,6-7,9-11H2,1-3H3,(H,20,23)/t13-,17-/m1/s1. The summed E-state index contributed by atoms with van der Waals surface area (Å²) in [6, 6.07) is 5.19. The van der Waals surface area contributed by atoms with Gasteiger partial charge < -0.3 is 10.2 Å². The van der Waals surface area contributed by atoms with Crippen molar-refractivity contribution in [1.29, 1.82) is 0 Å². The Hall–Kier alpha value is -1.17. The highest BCUT2D eigenvalue weighted by atomic mass is 35.5. The largest absolute Gasteiger partial charge is 0.356 e. The maximum Gasteiger partial charge on any atom is 0.216 e. The molecule has 1 aromatic rings. The molecule has 1 aliphatic rings. The Bertz CT molecular complexity index is 553. The van der Waals surface area contributed by atoms with E-state index in [0.29, 0.717) is 35.6 Å². The van der Waals surface area contributed by atoms with Gasteiger partial charge in [0, 0.05) is 43.2 Å². The van der Waals surface area contributed by atoms with Gasteiger partial charge in [0.05, 0.1) is 0 Å². The lowest BCUT2D eigenvalue weighted by Gasteiger charge is -2.42. The minimum atomic E-state index is -0.251. The fourth-order valence-corrected chi connectivity index (χ4v) is 3.34. The van der Waals surface area contributed by atoms with Gasteiger partial charge in [-0.15, -0.1) is 0 Å². The zero-order valence-corrected chi connectivity index (χ0v) is 14.7. The fraction of sp³-hybridized carbons (Fsp3) is 0.588. The molecular formula is C17H25ClFN3O. The molecule has 23 heavy (non-hydrogen) atoms. The molecule has 1 aliphatic heterocycles. The van der Waals surface area contributed by atoms with E-state index in [2.05, 4.69) is 29.2 Å². The third-order valence-electron chi connectivity index (χ3n) is 4.49. The van der Waals surface area contributed by atoms with Crippen LogP contribution in [0.1, 0.15) is 18.9 Å². The number of carbonyl (C=O) groups excluding carboxylic acids is 1. The molecule has 128 valence electrons.